The Bertz CT molecular complexity index is 2130. The molecule has 1 N–H and O–H groups in total. The van der Waals surface area contributed by atoms with E-state index in [1.807, 2.05) is 55.4 Å². The molecule has 1 heterocycles. The molecule has 0 saturated carbocycles. The highest BCUT2D eigenvalue weighted by molar-refractivity contribution is 6.24. The number of hydrogen-bond acceptors (Lipinski definition) is 10. The zero-order valence-electron chi connectivity index (χ0n) is 29.5. The molecule has 0 radical (unpaired) electrons. The lowest BCUT2D eigenvalue weighted by atomic mass is 9.60. The Morgan fingerprint density at radius 2 is 1.48 bits per heavy atom. The number of phenols is 1. The topological polar surface area (TPSA) is 138 Å². The molecule has 264 valence electrons. The van der Waals surface area contributed by atoms with Crippen molar-refractivity contribution in [3.63, 3.8) is 0 Å². The first-order valence-corrected chi connectivity index (χ1v) is 17.0. The molecule has 4 atom stereocenters. The standard InChI is InChI=1S/C41H38N4O7/c1-22-18-33(46)32-21-31-28(29(36(32)38(22)47)15-6-23-19-34(51-4)39(48)35(20-23)52-5)16-17-30-37(31)41(50)45(40(30)49)27-13-9-25(10-14-27)43-42-24-7-11-26(12-8-24)44(2)3/h6-16,18-20,29-31,37,48H,17,21H2,1-5H3. The number of benzene rings is 3. The van der Waals surface area contributed by atoms with Gasteiger partial charge in [0.15, 0.2) is 23.1 Å². The summed E-state index contributed by atoms with van der Waals surface area (Å²) in [7, 11) is 6.80. The van der Waals surface area contributed by atoms with Gasteiger partial charge in [-0.25, -0.2) is 0 Å². The summed E-state index contributed by atoms with van der Waals surface area (Å²) in [5.41, 5.74) is 5.33. The summed E-state index contributed by atoms with van der Waals surface area (Å²) >= 11 is 0. The van der Waals surface area contributed by atoms with Crippen molar-refractivity contribution in [1.29, 1.82) is 0 Å². The molecule has 0 aromatic heterocycles. The van der Waals surface area contributed by atoms with E-state index < -0.39 is 23.7 Å². The van der Waals surface area contributed by atoms with Crippen molar-refractivity contribution in [2.24, 2.45) is 33.9 Å². The molecule has 11 heteroatoms. The molecule has 4 unspecified atom stereocenters. The summed E-state index contributed by atoms with van der Waals surface area (Å²) in [6.07, 6.45) is 7.46. The van der Waals surface area contributed by atoms with Gasteiger partial charge in [0.2, 0.25) is 17.6 Å². The van der Waals surface area contributed by atoms with E-state index in [9.17, 15) is 24.3 Å². The Morgan fingerprint density at radius 3 is 2.08 bits per heavy atom. The zero-order chi connectivity index (χ0) is 36.8. The number of anilines is 2. The maximum absolute atomic E-state index is 14.3. The smallest absolute Gasteiger partial charge is 0.238 e. The molecule has 11 nitrogen and oxygen atoms in total. The minimum Gasteiger partial charge on any atom is -0.502 e. The third kappa shape index (κ3) is 5.91. The van der Waals surface area contributed by atoms with Crippen molar-refractivity contribution in [2.45, 2.75) is 19.8 Å². The number of imide groups is 1. The summed E-state index contributed by atoms with van der Waals surface area (Å²) in [6, 6.07) is 17.7. The molecule has 3 aromatic rings. The van der Waals surface area contributed by atoms with Crippen LogP contribution in [0.15, 0.2) is 111 Å². The Balaban J connectivity index is 1.18. The number of amides is 2. The van der Waals surface area contributed by atoms with Gasteiger partial charge >= 0.3 is 0 Å². The Morgan fingerprint density at radius 1 is 0.865 bits per heavy atom. The minimum absolute atomic E-state index is 0.140. The van der Waals surface area contributed by atoms with Crippen molar-refractivity contribution in [2.75, 3.05) is 38.1 Å². The van der Waals surface area contributed by atoms with E-state index in [4.69, 9.17) is 9.47 Å². The number of Topliss-reactive ketones (excluding diaryl/α,β-unsaturated/α-hetero) is 1. The predicted molar refractivity (Wildman–Crippen MR) is 196 cm³/mol. The lowest BCUT2D eigenvalue weighted by Crippen LogP contribution is -2.40. The number of ether oxygens (including phenoxy) is 2. The molecule has 3 aliphatic carbocycles. The van der Waals surface area contributed by atoms with Crippen LogP contribution >= 0.6 is 0 Å². The number of ketones is 2. The number of aromatic hydroxyl groups is 1. The van der Waals surface area contributed by atoms with Crippen LogP contribution in [0.25, 0.3) is 6.08 Å². The van der Waals surface area contributed by atoms with Crippen LogP contribution in [0, 0.1) is 23.7 Å². The number of allylic oxidation sites excluding steroid dienone is 7. The first-order chi connectivity index (χ1) is 25.0. The van der Waals surface area contributed by atoms with E-state index in [1.54, 1.807) is 49.4 Å². The van der Waals surface area contributed by atoms with Crippen LogP contribution in [0.4, 0.5) is 22.7 Å². The van der Waals surface area contributed by atoms with E-state index in [-0.39, 0.29) is 47.1 Å². The molecular formula is C41H38N4O7. The van der Waals surface area contributed by atoms with Gasteiger partial charge in [-0.15, -0.1) is 0 Å². The maximum Gasteiger partial charge on any atom is 0.238 e. The molecule has 3 aromatic carbocycles. The molecule has 4 aliphatic rings. The Labute approximate surface area is 301 Å². The van der Waals surface area contributed by atoms with Gasteiger partial charge in [0.05, 0.1) is 43.1 Å². The molecule has 0 spiro atoms. The monoisotopic (exact) mass is 698 g/mol. The minimum atomic E-state index is -0.703. The fourth-order valence-electron chi connectivity index (χ4n) is 7.71. The van der Waals surface area contributed by atoms with Gasteiger partial charge in [-0.05, 0) is 98.0 Å². The summed E-state index contributed by atoms with van der Waals surface area (Å²) in [6.45, 7) is 1.63. The normalized spacial score (nSPS) is 22.8. The van der Waals surface area contributed by atoms with E-state index in [2.05, 4.69) is 10.2 Å². The zero-order valence-corrected chi connectivity index (χ0v) is 29.5. The number of hydrogen-bond donors (Lipinski definition) is 1. The van der Waals surface area contributed by atoms with Gasteiger partial charge in [-0.3, -0.25) is 24.1 Å². The number of fused-ring (bicyclic) bond motifs is 3. The Hall–Kier alpha value is -6.10. The van der Waals surface area contributed by atoms with Crippen molar-refractivity contribution >= 4 is 52.2 Å². The lowest BCUT2D eigenvalue weighted by Gasteiger charge is -2.41. The molecule has 1 saturated heterocycles. The summed E-state index contributed by atoms with van der Waals surface area (Å²) in [4.78, 5) is 58.5. The molecule has 1 aliphatic heterocycles. The number of methoxy groups -OCH3 is 2. The lowest BCUT2D eigenvalue weighted by molar-refractivity contribution is -0.123. The number of nitrogens with zero attached hydrogens (tertiary/aromatic N) is 4. The van der Waals surface area contributed by atoms with Crippen LogP contribution in [0.5, 0.6) is 17.2 Å². The second-order valence-electron chi connectivity index (χ2n) is 13.5. The van der Waals surface area contributed by atoms with E-state index in [0.29, 0.717) is 45.8 Å². The number of carbonyl (C=O) groups excluding carboxylic acids is 4. The highest BCUT2D eigenvalue weighted by atomic mass is 16.5. The van der Waals surface area contributed by atoms with Gasteiger partial charge in [0.1, 0.15) is 0 Å². The summed E-state index contributed by atoms with van der Waals surface area (Å²) in [5, 5.41) is 19.1. The van der Waals surface area contributed by atoms with Crippen LogP contribution in [-0.4, -0.2) is 56.8 Å². The largest absolute Gasteiger partial charge is 0.502 e. The average molecular weight is 699 g/mol. The molecule has 52 heavy (non-hydrogen) atoms. The number of rotatable bonds is 8. The number of carbonyl (C=O) groups is 4. The SMILES string of the molecule is COc1cc(C=CC2C3=CCC4C(=O)N(c5ccc(N=Nc6ccc(N(C)C)cc6)cc5)C(=O)C4C3CC3=C2C(=O)C(C)=CC3=O)cc(OC)c1O. The quantitative estimate of drug-likeness (QED) is 0.114. The van der Waals surface area contributed by atoms with Crippen molar-refractivity contribution < 1.29 is 33.8 Å². The van der Waals surface area contributed by atoms with Gasteiger partial charge in [-0.2, -0.15) is 10.2 Å². The van der Waals surface area contributed by atoms with Crippen molar-refractivity contribution in [3.05, 3.63) is 107 Å². The van der Waals surface area contributed by atoms with E-state index in [1.165, 1.54) is 25.2 Å². The highest BCUT2D eigenvalue weighted by Gasteiger charge is 2.56. The highest BCUT2D eigenvalue weighted by Crippen LogP contribution is 2.53. The summed E-state index contributed by atoms with van der Waals surface area (Å²) < 4.78 is 10.6. The van der Waals surface area contributed by atoms with Crippen LogP contribution < -0.4 is 19.3 Å². The number of phenolic OH excluding ortho intramolecular Hbond substituents is 1. The van der Waals surface area contributed by atoms with E-state index in [0.717, 1.165) is 11.3 Å². The predicted octanol–water partition coefficient (Wildman–Crippen LogP) is 7.07. The van der Waals surface area contributed by atoms with Gasteiger partial charge in [-0.1, -0.05) is 23.8 Å². The summed E-state index contributed by atoms with van der Waals surface area (Å²) in [5.74, 6) is -3.20. The fraction of sp³-hybridized carbons (Fsp3) is 0.268. The molecule has 7 rings (SSSR count). The van der Waals surface area contributed by atoms with Crippen molar-refractivity contribution in [1.82, 2.24) is 0 Å². The van der Waals surface area contributed by atoms with Gasteiger partial charge < -0.3 is 19.5 Å². The molecule has 0 bridgehead atoms. The van der Waals surface area contributed by atoms with Gasteiger partial charge in [0, 0.05) is 42.4 Å². The molecule has 2 amide bonds. The first-order valence-electron chi connectivity index (χ1n) is 17.0. The van der Waals surface area contributed by atoms with Crippen molar-refractivity contribution in [3.8, 4) is 17.2 Å². The third-order valence-electron chi connectivity index (χ3n) is 10.4. The molecular weight excluding hydrogens is 660 g/mol. The Kier molecular flexibility index (Phi) is 8.95. The van der Waals surface area contributed by atoms with Crippen LogP contribution in [-0.2, 0) is 19.2 Å². The van der Waals surface area contributed by atoms with Crippen LogP contribution in [0.1, 0.15) is 25.3 Å². The average Bonchev–Trinajstić information content (AvgIpc) is 3.41. The van der Waals surface area contributed by atoms with Gasteiger partial charge in [0.25, 0.3) is 0 Å². The first kappa shape index (κ1) is 34.4. The third-order valence-corrected chi connectivity index (χ3v) is 10.4. The second-order valence-corrected chi connectivity index (χ2v) is 13.5. The fourth-order valence-corrected chi connectivity index (χ4v) is 7.71. The maximum atomic E-state index is 14.3. The van der Waals surface area contributed by atoms with Crippen LogP contribution in [0.3, 0.4) is 0 Å². The second kappa shape index (κ2) is 13.6. The van der Waals surface area contributed by atoms with Crippen LogP contribution in [0.2, 0.25) is 0 Å². The number of azo groups is 1. The molecule has 1 fully saturated rings. The van der Waals surface area contributed by atoms with E-state index >= 15 is 0 Å².